The van der Waals surface area contributed by atoms with Crippen LogP contribution in [0.25, 0.3) is 16.7 Å². The molecule has 4 rings (SSSR count). The Kier molecular flexibility index (Phi) is 3.23. The van der Waals surface area contributed by atoms with E-state index in [-0.39, 0.29) is 5.56 Å². The average Bonchev–Trinajstić information content (AvgIpc) is 2.91. The zero-order chi connectivity index (χ0) is 16.8. The van der Waals surface area contributed by atoms with Gasteiger partial charge in [-0.15, -0.1) is 0 Å². The van der Waals surface area contributed by atoms with Crippen molar-refractivity contribution in [3.63, 3.8) is 0 Å². The second-order valence-electron chi connectivity index (χ2n) is 6.22. The minimum atomic E-state index is -0.0589. The lowest BCUT2D eigenvalue weighted by Crippen LogP contribution is -2.22. The summed E-state index contributed by atoms with van der Waals surface area (Å²) in [6.45, 7) is 5.86. The van der Waals surface area contributed by atoms with Gasteiger partial charge in [-0.3, -0.25) is 9.89 Å². The number of aromatic amines is 1. The Hall–Kier alpha value is -2.95. The van der Waals surface area contributed by atoms with Gasteiger partial charge in [-0.1, -0.05) is 30.3 Å². The standard InChI is InChI=1S/C19H18N4O/c1-11-9-12(2)20-17-16(11)18-21-13(3)15(19(24)23(18)22-17)10-14-7-5-4-6-8-14/h4-9H,10H2,1-3H3,(H,20,22). The fourth-order valence-electron chi connectivity index (χ4n) is 3.24. The molecule has 0 saturated carbocycles. The third kappa shape index (κ3) is 2.21. The summed E-state index contributed by atoms with van der Waals surface area (Å²) in [4.78, 5) is 22.2. The first-order valence-electron chi connectivity index (χ1n) is 7.96. The van der Waals surface area contributed by atoms with E-state index in [2.05, 4.69) is 10.1 Å². The van der Waals surface area contributed by atoms with Crippen LogP contribution >= 0.6 is 0 Å². The Labute approximate surface area is 139 Å². The number of benzene rings is 1. The molecule has 1 aromatic carbocycles. The summed E-state index contributed by atoms with van der Waals surface area (Å²) in [7, 11) is 0. The molecular formula is C19H18N4O. The number of rotatable bonds is 2. The van der Waals surface area contributed by atoms with Crippen LogP contribution in [-0.2, 0) is 6.42 Å². The van der Waals surface area contributed by atoms with E-state index < -0.39 is 0 Å². The van der Waals surface area contributed by atoms with Crippen molar-refractivity contribution in [3.05, 3.63) is 74.8 Å². The highest BCUT2D eigenvalue weighted by atomic mass is 16.1. The van der Waals surface area contributed by atoms with E-state index >= 15 is 0 Å². The van der Waals surface area contributed by atoms with E-state index in [9.17, 15) is 4.79 Å². The van der Waals surface area contributed by atoms with E-state index in [1.807, 2.05) is 57.2 Å². The van der Waals surface area contributed by atoms with Gasteiger partial charge in [0.25, 0.3) is 5.56 Å². The molecular weight excluding hydrogens is 300 g/mol. The number of H-pyrrole nitrogens is 1. The van der Waals surface area contributed by atoms with Crippen molar-refractivity contribution in [2.45, 2.75) is 27.2 Å². The highest BCUT2D eigenvalue weighted by Crippen LogP contribution is 2.21. The summed E-state index contributed by atoms with van der Waals surface area (Å²) >= 11 is 0. The topological polar surface area (TPSA) is 63.1 Å². The van der Waals surface area contributed by atoms with Crippen LogP contribution in [0.3, 0.4) is 0 Å². The average molecular weight is 318 g/mol. The molecule has 24 heavy (non-hydrogen) atoms. The lowest BCUT2D eigenvalue weighted by atomic mass is 10.1. The van der Waals surface area contributed by atoms with Crippen molar-refractivity contribution in [3.8, 4) is 0 Å². The molecule has 0 amide bonds. The van der Waals surface area contributed by atoms with Crippen LogP contribution in [0.5, 0.6) is 0 Å². The molecule has 0 aliphatic carbocycles. The third-order valence-corrected chi connectivity index (χ3v) is 4.39. The van der Waals surface area contributed by atoms with Gasteiger partial charge in [0.15, 0.2) is 11.3 Å². The highest BCUT2D eigenvalue weighted by molar-refractivity contribution is 5.92. The summed E-state index contributed by atoms with van der Waals surface area (Å²) in [6, 6.07) is 12.0. The maximum absolute atomic E-state index is 13.0. The Morgan fingerprint density at radius 1 is 1.08 bits per heavy atom. The first-order valence-corrected chi connectivity index (χ1v) is 7.96. The van der Waals surface area contributed by atoms with Crippen molar-refractivity contribution < 1.29 is 0 Å². The van der Waals surface area contributed by atoms with Crippen LogP contribution < -0.4 is 5.56 Å². The van der Waals surface area contributed by atoms with Crippen LogP contribution in [0, 0.1) is 20.8 Å². The number of aromatic nitrogens is 4. The minimum Gasteiger partial charge on any atom is -0.272 e. The fraction of sp³-hybridized carbons (Fsp3) is 0.211. The van der Waals surface area contributed by atoms with Gasteiger partial charge in [0.05, 0.1) is 5.39 Å². The number of hydrogen-bond donors (Lipinski definition) is 1. The Bertz CT molecular complexity index is 1120. The van der Waals surface area contributed by atoms with Gasteiger partial charge in [0.1, 0.15) is 0 Å². The number of pyridine rings is 1. The molecule has 120 valence electrons. The van der Waals surface area contributed by atoms with Crippen LogP contribution in [0.1, 0.15) is 28.1 Å². The molecule has 0 spiro atoms. The second-order valence-corrected chi connectivity index (χ2v) is 6.22. The number of aryl methyl sites for hydroxylation is 3. The Balaban J connectivity index is 1.99. The lowest BCUT2D eigenvalue weighted by Gasteiger charge is -2.06. The molecule has 0 bridgehead atoms. The van der Waals surface area contributed by atoms with E-state index in [1.54, 1.807) is 0 Å². The van der Waals surface area contributed by atoms with Crippen molar-refractivity contribution in [1.29, 1.82) is 0 Å². The van der Waals surface area contributed by atoms with Crippen LogP contribution in [0.15, 0.2) is 41.2 Å². The summed E-state index contributed by atoms with van der Waals surface area (Å²) in [5, 5.41) is 4.02. The SMILES string of the molecule is Cc1cc(C)c2c(n1)[nH]n1c(=O)c(Cc3ccccc3)c(C)nc21. The van der Waals surface area contributed by atoms with Crippen LogP contribution in [-0.4, -0.2) is 19.6 Å². The lowest BCUT2D eigenvalue weighted by molar-refractivity contribution is 0.865. The van der Waals surface area contributed by atoms with E-state index in [4.69, 9.17) is 4.98 Å². The quantitative estimate of drug-likeness (QED) is 0.618. The number of fused-ring (bicyclic) bond motifs is 3. The molecule has 0 saturated heterocycles. The van der Waals surface area contributed by atoms with Crippen molar-refractivity contribution in [2.24, 2.45) is 0 Å². The smallest absolute Gasteiger partial charge is 0.272 e. The van der Waals surface area contributed by atoms with E-state index in [1.165, 1.54) is 4.52 Å². The van der Waals surface area contributed by atoms with Crippen molar-refractivity contribution in [2.75, 3.05) is 0 Å². The summed E-state index contributed by atoms with van der Waals surface area (Å²) in [5.74, 6) is 0. The first kappa shape index (κ1) is 14.6. The summed E-state index contributed by atoms with van der Waals surface area (Å²) in [5.41, 5.74) is 5.85. The predicted molar refractivity (Wildman–Crippen MR) is 94.6 cm³/mol. The number of nitrogens with one attached hydrogen (secondary N) is 1. The zero-order valence-corrected chi connectivity index (χ0v) is 13.9. The molecule has 0 aliphatic heterocycles. The maximum Gasteiger partial charge on any atom is 0.276 e. The highest BCUT2D eigenvalue weighted by Gasteiger charge is 2.16. The van der Waals surface area contributed by atoms with Gasteiger partial charge >= 0.3 is 0 Å². The van der Waals surface area contributed by atoms with Crippen LogP contribution in [0.2, 0.25) is 0 Å². The first-order chi connectivity index (χ1) is 11.5. The van der Waals surface area contributed by atoms with Gasteiger partial charge in [0.2, 0.25) is 0 Å². The fourth-order valence-corrected chi connectivity index (χ4v) is 3.24. The maximum atomic E-state index is 13.0. The van der Waals surface area contributed by atoms with Gasteiger partial charge in [-0.25, -0.2) is 9.97 Å². The molecule has 0 fully saturated rings. The van der Waals surface area contributed by atoms with Gasteiger partial charge < -0.3 is 0 Å². The number of hydrogen-bond acceptors (Lipinski definition) is 3. The molecule has 5 heteroatoms. The molecule has 3 aromatic heterocycles. The molecule has 0 unspecified atom stereocenters. The molecule has 3 heterocycles. The molecule has 0 aliphatic rings. The zero-order valence-electron chi connectivity index (χ0n) is 13.9. The normalized spacial score (nSPS) is 11.5. The minimum absolute atomic E-state index is 0.0589. The molecule has 0 radical (unpaired) electrons. The van der Waals surface area contributed by atoms with Gasteiger partial charge in [0, 0.05) is 23.4 Å². The predicted octanol–water partition coefficient (Wildman–Crippen LogP) is 3.09. The van der Waals surface area contributed by atoms with Crippen molar-refractivity contribution in [1.82, 2.24) is 19.6 Å². The summed E-state index contributed by atoms with van der Waals surface area (Å²) in [6.07, 6.45) is 0.572. The second kappa shape index (κ2) is 5.30. The van der Waals surface area contributed by atoms with Crippen molar-refractivity contribution >= 4 is 16.7 Å². The largest absolute Gasteiger partial charge is 0.276 e. The van der Waals surface area contributed by atoms with E-state index in [0.717, 1.165) is 27.9 Å². The molecule has 4 aromatic rings. The number of nitrogens with zero attached hydrogens (tertiary/aromatic N) is 3. The van der Waals surface area contributed by atoms with E-state index in [0.29, 0.717) is 23.3 Å². The molecule has 0 atom stereocenters. The Morgan fingerprint density at radius 3 is 2.58 bits per heavy atom. The molecule has 5 nitrogen and oxygen atoms in total. The molecule has 1 N–H and O–H groups in total. The third-order valence-electron chi connectivity index (χ3n) is 4.39. The Morgan fingerprint density at radius 2 is 1.83 bits per heavy atom. The van der Waals surface area contributed by atoms with Crippen LogP contribution in [0.4, 0.5) is 0 Å². The van der Waals surface area contributed by atoms with Gasteiger partial charge in [-0.2, -0.15) is 4.52 Å². The summed E-state index contributed by atoms with van der Waals surface area (Å²) < 4.78 is 1.52. The van der Waals surface area contributed by atoms with Gasteiger partial charge in [-0.05, 0) is 38.0 Å². The monoisotopic (exact) mass is 318 g/mol.